The molecule has 6 nitrogen and oxygen atoms in total. The number of anilines is 1. The lowest BCUT2D eigenvalue weighted by Gasteiger charge is -2.24. The maximum Gasteiger partial charge on any atom is 0.318 e. The molecule has 0 saturated carbocycles. The average molecular weight is 390 g/mol. The van der Waals surface area contributed by atoms with E-state index >= 15 is 0 Å². The summed E-state index contributed by atoms with van der Waals surface area (Å²) in [7, 11) is 0. The SMILES string of the molecule is Cc1cccc(C(=O)N[C@H](Cc2ccccc2)c2nnc(N3CCCCC3)o2)c1. The van der Waals surface area contributed by atoms with Gasteiger partial charge < -0.3 is 14.6 Å². The normalized spacial score (nSPS) is 15.1. The van der Waals surface area contributed by atoms with Gasteiger partial charge in [-0.1, -0.05) is 53.1 Å². The summed E-state index contributed by atoms with van der Waals surface area (Å²) in [6.07, 6.45) is 4.09. The van der Waals surface area contributed by atoms with Gasteiger partial charge in [-0.15, -0.1) is 5.10 Å². The molecule has 2 heterocycles. The Kier molecular flexibility index (Phi) is 5.89. The van der Waals surface area contributed by atoms with Crippen molar-refractivity contribution in [2.45, 2.75) is 38.6 Å². The highest BCUT2D eigenvalue weighted by atomic mass is 16.4. The van der Waals surface area contributed by atoms with Crippen molar-refractivity contribution in [3.05, 3.63) is 77.2 Å². The maximum atomic E-state index is 12.9. The first kappa shape index (κ1) is 19.2. The van der Waals surface area contributed by atoms with Crippen molar-refractivity contribution in [1.29, 1.82) is 0 Å². The van der Waals surface area contributed by atoms with Gasteiger partial charge in [0.1, 0.15) is 6.04 Å². The molecule has 1 aliphatic rings. The number of nitrogens with one attached hydrogen (secondary N) is 1. The van der Waals surface area contributed by atoms with Crippen LogP contribution in [0.2, 0.25) is 0 Å². The van der Waals surface area contributed by atoms with Gasteiger partial charge in [-0.2, -0.15) is 0 Å². The Morgan fingerprint density at radius 2 is 1.86 bits per heavy atom. The highest BCUT2D eigenvalue weighted by Crippen LogP contribution is 2.24. The number of aromatic nitrogens is 2. The molecule has 1 saturated heterocycles. The molecule has 2 aromatic carbocycles. The fourth-order valence-corrected chi connectivity index (χ4v) is 3.66. The molecule has 1 atom stereocenters. The van der Waals surface area contributed by atoms with E-state index in [0.717, 1.165) is 37.1 Å². The van der Waals surface area contributed by atoms with Crippen molar-refractivity contribution < 1.29 is 9.21 Å². The first-order valence-corrected chi connectivity index (χ1v) is 10.2. The summed E-state index contributed by atoms with van der Waals surface area (Å²) in [6, 6.07) is 17.7. The van der Waals surface area contributed by atoms with Gasteiger partial charge in [0.2, 0.25) is 5.89 Å². The van der Waals surface area contributed by atoms with Crippen LogP contribution in [-0.4, -0.2) is 29.2 Å². The van der Waals surface area contributed by atoms with E-state index in [0.29, 0.717) is 23.9 Å². The number of rotatable bonds is 6. The third-order valence-corrected chi connectivity index (χ3v) is 5.22. The van der Waals surface area contributed by atoms with Crippen LogP contribution in [-0.2, 0) is 6.42 Å². The Bertz CT molecular complexity index is 948. The number of piperidine rings is 1. The number of nitrogens with zero attached hydrogens (tertiary/aromatic N) is 3. The van der Waals surface area contributed by atoms with E-state index in [9.17, 15) is 4.79 Å². The van der Waals surface area contributed by atoms with Gasteiger partial charge in [0.25, 0.3) is 5.91 Å². The summed E-state index contributed by atoms with van der Waals surface area (Å²) in [5, 5.41) is 11.6. The number of aryl methyl sites for hydroxylation is 1. The lowest BCUT2D eigenvalue weighted by molar-refractivity contribution is 0.0930. The Hall–Kier alpha value is -3.15. The fraction of sp³-hybridized carbons (Fsp3) is 0.348. The first-order valence-electron chi connectivity index (χ1n) is 10.2. The molecule has 0 bridgehead atoms. The smallest absolute Gasteiger partial charge is 0.318 e. The summed E-state index contributed by atoms with van der Waals surface area (Å²) in [6.45, 7) is 3.84. The highest BCUT2D eigenvalue weighted by molar-refractivity contribution is 5.94. The fourth-order valence-electron chi connectivity index (χ4n) is 3.66. The molecular formula is C23H26N4O2. The molecule has 150 valence electrons. The van der Waals surface area contributed by atoms with Gasteiger partial charge in [0, 0.05) is 25.1 Å². The second-order valence-electron chi connectivity index (χ2n) is 7.56. The number of amides is 1. The van der Waals surface area contributed by atoms with Crippen LogP contribution in [0.15, 0.2) is 59.0 Å². The van der Waals surface area contributed by atoms with Crippen LogP contribution in [0.25, 0.3) is 0 Å². The number of hydrogen-bond donors (Lipinski definition) is 1. The van der Waals surface area contributed by atoms with E-state index in [-0.39, 0.29) is 5.91 Å². The zero-order valence-corrected chi connectivity index (χ0v) is 16.7. The van der Waals surface area contributed by atoms with Gasteiger partial charge in [0.15, 0.2) is 0 Å². The average Bonchev–Trinajstić information content (AvgIpc) is 3.25. The summed E-state index contributed by atoms with van der Waals surface area (Å²) in [4.78, 5) is 15.0. The molecule has 1 aromatic heterocycles. The maximum absolute atomic E-state index is 12.9. The molecule has 4 rings (SSSR count). The summed E-state index contributed by atoms with van der Waals surface area (Å²) in [5.74, 6) is 0.294. The van der Waals surface area contributed by atoms with Gasteiger partial charge in [-0.25, -0.2) is 0 Å². The van der Waals surface area contributed by atoms with Crippen molar-refractivity contribution in [3.8, 4) is 0 Å². The summed E-state index contributed by atoms with van der Waals surface area (Å²) < 4.78 is 6.01. The molecule has 0 radical (unpaired) electrons. The number of benzene rings is 2. The minimum atomic E-state index is -0.392. The van der Waals surface area contributed by atoms with Gasteiger partial charge >= 0.3 is 6.01 Å². The molecule has 6 heteroatoms. The second-order valence-corrected chi connectivity index (χ2v) is 7.56. The minimum absolute atomic E-state index is 0.146. The first-order chi connectivity index (χ1) is 14.2. The zero-order valence-electron chi connectivity index (χ0n) is 16.7. The van der Waals surface area contributed by atoms with Gasteiger partial charge in [-0.3, -0.25) is 4.79 Å². The number of carbonyl (C=O) groups is 1. The largest absolute Gasteiger partial charge is 0.406 e. The Balaban J connectivity index is 1.56. The molecule has 3 aromatic rings. The molecule has 1 amide bonds. The monoisotopic (exact) mass is 390 g/mol. The van der Waals surface area contributed by atoms with Crippen LogP contribution in [0.1, 0.15) is 52.7 Å². The van der Waals surface area contributed by atoms with Crippen LogP contribution in [0.3, 0.4) is 0 Å². The van der Waals surface area contributed by atoms with Gasteiger partial charge in [-0.05, 0) is 43.9 Å². The Labute approximate surface area is 170 Å². The van der Waals surface area contributed by atoms with Crippen molar-refractivity contribution in [2.75, 3.05) is 18.0 Å². The van der Waals surface area contributed by atoms with Crippen LogP contribution >= 0.6 is 0 Å². The predicted octanol–water partition coefficient (Wildman–Crippen LogP) is 4.08. The molecule has 0 unspecified atom stereocenters. The zero-order chi connectivity index (χ0) is 20.1. The highest BCUT2D eigenvalue weighted by Gasteiger charge is 2.24. The molecule has 0 spiro atoms. The van der Waals surface area contributed by atoms with Crippen LogP contribution in [0.4, 0.5) is 6.01 Å². The van der Waals surface area contributed by atoms with Crippen LogP contribution < -0.4 is 10.2 Å². The molecular weight excluding hydrogens is 364 g/mol. The molecule has 1 N–H and O–H groups in total. The summed E-state index contributed by atoms with van der Waals surface area (Å²) >= 11 is 0. The Morgan fingerprint density at radius 3 is 2.62 bits per heavy atom. The topological polar surface area (TPSA) is 71.3 Å². The van der Waals surface area contributed by atoms with E-state index < -0.39 is 6.04 Å². The number of hydrogen-bond acceptors (Lipinski definition) is 5. The second kappa shape index (κ2) is 8.90. The van der Waals surface area contributed by atoms with Crippen molar-refractivity contribution in [3.63, 3.8) is 0 Å². The number of carbonyl (C=O) groups excluding carboxylic acids is 1. The van der Waals surface area contributed by atoms with E-state index in [1.165, 1.54) is 6.42 Å². The molecule has 1 aliphatic heterocycles. The van der Waals surface area contributed by atoms with Gasteiger partial charge in [0.05, 0.1) is 0 Å². The van der Waals surface area contributed by atoms with E-state index in [1.54, 1.807) is 0 Å². The standard InChI is InChI=1S/C23H26N4O2/c1-17-9-8-12-19(15-17)21(28)24-20(16-18-10-4-2-5-11-18)22-25-26-23(29-22)27-13-6-3-7-14-27/h2,4-5,8-12,15,20H,3,6-7,13-14,16H2,1H3,(H,24,28)/t20-/m1/s1. The third kappa shape index (κ3) is 4.83. The van der Waals surface area contributed by atoms with E-state index in [4.69, 9.17) is 4.42 Å². The molecule has 1 fully saturated rings. The van der Waals surface area contributed by atoms with Crippen molar-refractivity contribution in [2.24, 2.45) is 0 Å². The lowest BCUT2D eigenvalue weighted by Crippen LogP contribution is -2.30. The predicted molar refractivity (Wildman–Crippen MR) is 112 cm³/mol. The van der Waals surface area contributed by atoms with Crippen molar-refractivity contribution in [1.82, 2.24) is 15.5 Å². The third-order valence-electron chi connectivity index (χ3n) is 5.22. The van der Waals surface area contributed by atoms with Crippen LogP contribution in [0, 0.1) is 6.92 Å². The lowest BCUT2D eigenvalue weighted by atomic mass is 10.0. The van der Waals surface area contributed by atoms with E-state index in [1.807, 2.05) is 61.5 Å². The molecule has 29 heavy (non-hydrogen) atoms. The quantitative estimate of drug-likeness (QED) is 0.687. The Morgan fingerprint density at radius 1 is 1.07 bits per heavy atom. The summed E-state index contributed by atoms with van der Waals surface area (Å²) in [5.41, 5.74) is 2.76. The van der Waals surface area contributed by atoms with E-state index in [2.05, 4.69) is 20.4 Å². The minimum Gasteiger partial charge on any atom is -0.406 e. The molecule has 0 aliphatic carbocycles. The van der Waals surface area contributed by atoms with Crippen molar-refractivity contribution >= 4 is 11.9 Å². The van der Waals surface area contributed by atoms with Crippen LogP contribution in [0.5, 0.6) is 0 Å².